The van der Waals surface area contributed by atoms with Crippen LogP contribution < -0.4 is 0 Å². The Labute approximate surface area is 159 Å². The van der Waals surface area contributed by atoms with Crippen LogP contribution in [-0.2, 0) is 9.59 Å². The molecule has 1 fully saturated rings. The van der Waals surface area contributed by atoms with Gasteiger partial charge in [0.1, 0.15) is 0 Å². The van der Waals surface area contributed by atoms with Gasteiger partial charge in [0, 0.05) is 57.5 Å². The minimum absolute atomic E-state index is 0.00363. The van der Waals surface area contributed by atoms with Crippen molar-refractivity contribution in [2.75, 3.05) is 45.8 Å². The average Bonchev–Trinajstić information content (AvgIpc) is 2.68. The minimum Gasteiger partial charge on any atom is -0.342 e. The summed E-state index contributed by atoms with van der Waals surface area (Å²) in [5.41, 5.74) is 0.608. The third-order valence-corrected chi connectivity index (χ3v) is 4.66. The fraction of sp³-hybridized carbons (Fsp3) is 0.474. The molecule has 2 amide bonds. The zero-order valence-corrected chi connectivity index (χ0v) is 15.8. The molecule has 1 heterocycles. The topological polar surface area (TPSA) is 87.0 Å². The van der Waals surface area contributed by atoms with Crippen LogP contribution in [0.15, 0.2) is 30.3 Å². The molecule has 0 radical (unpaired) electrons. The molecule has 0 saturated carbocycles. The summed E-state index contributed by atoms with van der Waals surface area (Å²) in [5, 5.41) is 10.8. The van der Waals surface area contributed by atoms with E-state index < -0.39 is 4.92 Å². The smallest absolute Gasteiger partial charge is 0.270 e. The average molecular weight is 374 g/mol. The van der Waals surface area contributed by atoms with E-state index in [-0.39, 0.29) is 17.5 Å². The molecule has 0 aromatic heterocycles. The van der Waals surface area contributed by atoms with Crippen molar-refractivity contribution in [2.45, 2.75) is 13.8 Å². The molecule has 0 spiro atoms. The summed E-state index contributed by atoms with van der Waals surface area (Å²) < 4.78 is 0. The number of nitrogens with zero attached hydrogens (tertiary/aromatic N) is 4. The zero-order chi connectivity index (χ0) is 19.8. The van der Waals surface area contributed by atoms with Gasteiger partial charge in [0.15, 0.2) is 0 Å². The van der Waals surface area contributed by atoms with Crippen LogP contribution in [0.1, 0.15) is 19.4 Å². The van der Waals surface area contributed by atoms with Crippen molar-refractivity contribution in [1.29, 1.82) is 0 Å². The van der Waals surface area contributed by atoms with Gasteiger partial charge in [-0.2, -0.15) is 0 Å². The number of benzene rings is 1. The van der Waals surface area contributed by atoms with Crippen LogP contribution in [0, 0.1) is 10.1 Å². The van der Waals surface area contributed by atoms with Gasteiger partial charge in [-0.15, -0.1) is 0 Å². The molecule has 1 saturated heterocycles. The summed E-state index contributed by atoms with van der Waals surface area (Å²) in [6, 6.07) is 6.15. The molecule has 0 N–H and O–H groups in total. The molecule has 2 rings (SSSR count). The summed E-state index contributed by atoms with van der Waals surface area (Å²) in [5.74, 6) is -0.0124. The highest BCUT2D eigenvalue weighted by Gasteiger charge is 2.22. The van der Waals surface area contributed by atoms with Gasteiger partial charge in [-0.1, -0.05) is 12.1 Å². The summed E-state index contributed by atoms with van der Waals surface area (Å²) in [7, 11) is 0. The second-order valence-corrected chi connectivity index (χ2v) is 6.35. The van der Waals surface area contributed by atoms with E-state index in [1.54, 1.807) is 28.0 Å². The first kappa shape index (κ1) is 20.6. The molecule has 27 heavy (non-hydrogen) atoms. The summed E-state index contributed by atoms with van der Waals surface area (Å²) in [4.78, 5) is 40.4. The quantitative estimate of drug-likeness (QED) is 0.411. The number of carbonyl (C=O) groups is 2. The van der Waals surface area contributed by atoms with E-state index in [2.05, 4.69) is 4.90 Å². The van der Waals surface area contributed by atoms with E-state index >= 15 is 0 Å². The van der Waals surface area contributed by atoms with E-state index in [1.165, 1.54) is 18.2 Å². The third-order valence-electron chi connectivity index (χ3n) is 4.66. The lowest BCUT2D eigenvalue weighted by molar-refractivity contribution is -0.384. The molecular weight excluding hydrogens is 348 g/mol. The normalized spacial score (nSPS) is 15.1. The number of hydrogen-bond donors (Lipinski definition) is 0. The molecule has 0 aliphatic carbocycles. The van der Waals surface area contributed by atoms with Crippen molar-refractivity contribution in [2.24, 2.45) is 0 Å². The highest BCUT2D eigenvalue weighted by atomic mass is 16.6. The monoisotopic (exact) mass is 374 g/mol. The lowest BCUT2D eigenvalue weighted by Crippen LogP contribution is -2.51. The van der Waals surface area contributed by atoms with Gasteiger partial charge >= 0.3 is 0 Å². The second-order valence-electron chi connectivity index (χ2n) is 6.35. The number of nitro groups is 1. The number of piperazine rings is 1. The third kappa shape index (κ3) is 5.89. The van der Waals surface area contributed by atoms with Crippen LogP contribution in [0.2, 0.25) is 0 Å². The molecule has 1 aliphatic rings. The van der Waals surface area contributed by atoms with Gasteiger partial charge in [-0.3, -0.25) is 24.6 Å². The molecule has 0 bridgehead atoms. The van der Waals surface area contributed by atoms with E-state index in [0.717, 1.165) is 0 Å². The lowest BCUT2D eigenvalue weighted by atomic mass is 10.2. The molecular formula is C19H26N4O4. The highest BCUT2D eigenvalue weighted by molar-refractivity contribution is 5.92. The van der Waals surface area contributed by atoms with Crippen molar-refractivity contribution in [1.82, 2.24) is 14.7 Å². The highest BCUT2D eigenvalue weighted by Crippen LogP contribution is 2.14. The first-order valence-corrected chi connectivity index (χ1v) is 9.16. The van der Waals surface area contributed by atoms with Gasteiger partial charge in [0.05, 0.1) is 11.5 Å². The maximum Gasteiger partial charge on any atom is 0.270 e. The first-order valence-electron chi connectivity index (χ1n) is 9.16. The van der Waals surface area contributed by atoms with Crippen molar-refractivity contribution < 1.29 is 14.5 Å². The van der Waals surface area contributed by atoms with Gasteiger partial charge in [-0.25, -0.2) is 0 Å². The standard InChI is InChI=1S/C19H26N4O4/c1-3-21(4-2)19(25)15-20-10-12-22(13-11-20)18(24)9-8-16-6-5-7-17(14-16)23(26)27/h5-9,14H,3-4,10-13,15H2,1-2H3/b9-8+. The molecule has 1 aromatic rings. The number of hydrogen-bond acceptors (Lipinski definition) is 5. The Morgan fingerprint density at radius 3 is 2.44 bits per heavy atom. The number of carbonyl (C=O) groups excluding carboxylic acids is 2. The van der Waals surface area contributed by atoms with E-state index in [9.17, 15) is 19.7 Å². The van der Waals surface area contributed by atoms with Crippen LogP contribution >= 0.6 is 0 Å². The Morgan fingerprint density at radius 2 is 1.85 bits per heavy atom. The number of non-ortho nitro benzene ring substituents is 1. The van der Waals surface area contributed by atoms with Crippen molar-refractivity contribution in [3.05, 3.63) is 46.0 Å². The molecule has 0 unspecified atom stereocenters. The summed E-state index contributed by atoms with van der Waals surface area (Å²) in [6.07, 6.45) is 3.03. The van der Waals surface area contributed by atoms with Crippen molar-refractivity contribution >= 4 is 23.6 Å². The van der Waals surface area contributed by atoms with E-state index in [0.29, 0.717) is 51.4 Å². The second kappa shape index (κ2) is 9.82. The molecule has 1 aromatic carbocycles. The van der Waals surface area contributed by atoms with Gasteiger partial charge in [0.2, 0.25) is 11.8 Å². The van der Waals surface area contributed by atoms with Crippen LogP contribution in [0.5, 0.6) is 0 Å². The van der Waals surface area contributed by atoms with E-state index in [4.69, 9.17) is 0 Å². The zero-order valence-electron chi connectivity index (χ0n) is 15.8. The van der Waals surface area contributed by atoms with Gasteiger partial charge < -0.3 is 9.80 Å². The fourth-order valence-corrected chi connectivity index (χ4v) is 3.01. The predicted octanol–water partition coefficient (Wildman–Crippen LogP) is 1.62. The lowest BCUT2D eigenvalue weighted by Gasteiger charge is -2.34. The Morgan fingerprint density at radius 1 is 1.19 bits per heavy atom. The van der Waals surface area contributed by atoms with Crippen molar-refractivity contribution in [3.8, 4) is 0 Å². The Hall–Kier alpha value is -2.74. The van der Waals surface area contributed by atoms with Gasteiger partial charge in [-0.05, 0) is 25.5 Å². The fourth-order valence-electron chi connectivity index (χ4n) is 3.01. The van der Waals surface area contributed by atoms with Crippen LogP contribution in [0.4, 0.5) is 5.69 Å². The van der Waals surface area contributed by atoms with E-state index in [1.807, 2.05) is 13.8 Å². The number of nitro benzene ring substituents is 1. The Kier molecular flexibility index (Phi) is 7.48. The minimum atomic E-state index is -0.460. The maximum atomic E-state index is 12.3. The van der Waals surface area contributed by atoms with Gasteiger partial charge in [0.25, 0.3) is 5.69 Å². The summed E-state index contributed by atoms with van der Waals surface area (Å²) >= 11 is 0. The number of rotatable bonds is 7. The molecule has 0 atom stereocenters. The Balaban J connectivity index is 1.85. The first-order chi connectivity index (χ1) is 12.9. The summed E-state index contributed by atoms with van der Waals surface area (Å²) in [6.45, 7) is 8.15. The van der Waals surface area contributed by atoms with Crippen LogP contribution in [0.25, 0.3) is 6.08 Å². The maximum absolute atomic E-state index is 12.3. The molecule has 146 valence electrons. The SMILES string of the molecule is CCN(CC)C(=O)CN1CCN(C(=O)/C=C/c2cccc([N+](=O)[O-])c2)CC1. The van der Waals surface area contributed by atoms with Crippen LogP contribution in [-0.4, -0.2) is 77.3 Å². The largest absolute Gasteiger partial charge is 0.342 e. The van der Waals surface area contributed by atoms with Crippen LogP contribution in [0.3, 0.4) is 0 Å². The molecule has 1 aliphatic heterocycles. The van der Waals surface area contributed by atoms with Crippen molar-refractivity contribution in [3.63, 3.8) is 0 Å². The molecule has 8 heteroatoms. The number of likely N-dealkylation sites (N-methyl/N-ethyl adjacent to an activating group) is 1. The predicted molar refractivity (Wildman–Crippen MR) is 103 cm³/mol. The Bertz CT molecular complexity index is 707. The number of amides is 2. The molecule has 8 nitrogen and oxygen atoms in total.